The van der Waals surface area contributed by atoms with Crippen molar-refractivity contribution in [2.45, 2.75) is 39.0 Å². The Morgan fingerprint density at radius 1 is 1.16 bits per heavy atom. The summed E-state index contributed by atoms with van der Waals surface area (Å²) in [5.41, 5.74) is -0.0121. The number of benzene rings is 1. The van der Waals surface area contributed by atoms with Crippen molar-refractivity contribution in [2.24, 2.45) is 0 Å². The third-order valence-corrected chi connectivity index (χ3v) is 3.65. The molecule has 5 heteroatoms. The Bertz CT molecular complexity index is 433. The predicted octanol–water partition coefficient (Wildman–Crippen LogP) is 5.04. The molecule has 1 aromatic rings. The molecule has 0 saturated carbocycles. The van der Waals surface area contributed by atoms with Crippen LogP contribution in [0.5, 0.6) is 5.75 Å². The van der Waals surface area contributed by atoms with Crippen molar-refractivity contribution < 1.29 is 14.6 Å². The van der Waals surface area contributed by atoms with Gasteiger partial charge in [-0.15, -0.1) is 0 Å². The van der Waals surface area contributed by atoms with Gasteiger partial charge in [-0.1, -0.05) is 55.8 Å². The zero-order valence-electron chi connectivity index (χ0n) is 10.9. The first kappa shape index (κ1) is 16.1. The highest BCUT2D eigenvalue weighted by molar-refractivity contribution is 6.44. The number of halogens is 2. The second-order valence-corrected chi connectivity index (χ2v) is 5.06. The van der Waals surface area contributed by atoms with Gasteiger partial charge in [0.25, 0.3) is 0 Å². The molecule has 1 rings (SSSR count). The summed E-state index contributed by atoms with van der Waals surface area (Å²) in [7, 11) is 0. The van der Waals surface area contributed by atoms with Gasteiger partial charge in [-0.25, -0.2) is 4.79 Å². The average Bonchev–Trinajstić information content (AvgIpc) is 2.38. The van der Waals surface area contributed by atoms with Crippen molar-refractivity contribution >= 4 is 29.2 Å². The number of carbonyl (C=O) groups is 1. The summed E-state index contributed by atoms with van der Waals surface area (Å²) in [6.45, 7) is 2.73. The maximum Gasteiger partial charge on any atom is 0.337 e. The Labute approximate surface area is 123 Å². The van der Waals surface area contributed by atoms with Crippen LogP contribution < -0.4 is 4.74 Å². The lowest BCUT2D eigenvalue weighted by Crippen LogP contribution is -2.01. The van der Waals surface area contributed by atoms with E-state index in [-0.39, 0.29) is 15.6 Å². The molecule has 0 radical (unpaired) electrons. The Hall–Kier alpha value is -0.930. The highest BCUT2D eigenvalue weighted by Crippen LogP contribution is 2.34. The number of carboxylic acid groups (broad SMARTS) is 1. The van der Waals surface area contributed by atoms with E-state index in [1.54, 1.807) is 6.07 Å². The van der Waals surface area contributed by atoms with Crippen molar-refractivity contribution in [1.29, 1.82) is 0 Å². The molecule has 0 fully saturated rings. The number of carboxylic acids is 1. The molecular weight excluding hydrogens is 287 g/mol. The molecule has 0 aliphatic rings. The van der Waals surface area contributed by atoms with Crippen LogP contribution in [0.3, 0.4) is 0 Å². The van der Waals surface area contributed by atoms with E-state index in [1.165, 1.54) is 25.3 Å². The largest absolute Gasteiger partial charge is 0.492 e. The number of ether oxygens (including phenoxy) is 1. The monoisotopic (exact) mass is 304 g/mol. The quantitative estimate of drug-likeness (QED) is 0.684. The molecule has 0 atom stereocenters. The molecule has 1 N–H and O–H groups in total. The summed E-state index contributed by atoms with van der Waals surface area (Å²) in [5, 5.41) is 9.08. The maximum absolute atomic E-state index is 10.9. The fourth-order valence-electron chi connectivity index (χ4n) is 1.70. The third-order valence-electron chi connectivity index (χ3n) is 2.78. The van der Waals surface area contributed by atoms with Crippen molar-refractivity contribution in [1.82, 2.24) is 0 Å². The van der Waals surface area contributed by atoms with Crippen LogP contribution in [0.4, 0.5) is 0 Å². The van der Waals surface area contributed by atoms with Crippen molar-refractivity contribution in [3.8, 4) is 5.75 Å². The molecule has 0 unspecified atom stereocenters. The molecule has 106 valence electrons. The molecule has 0 amide bonds. The lowest BCUT2D eigenvalue weighted by molar-refractivity contribution is 0.0697. The van der Waals surface area contributed by atoms with E-state index < -0.39 is 5.97 Å². The summed E-state index contributed by atoms with van der Waals surface area (Å²) in [6.07, 6.45) is 5.71. The highest BCUT2D eigenvalue weighted by Gasteiger charge is 2.15. The summed E-state index contributed by atoms with van der Waals surface area (Å²) in [6, 6.07) is 2.95. The van der Waals surface area contributed by atoms with Gasteiger partial charge < -0.3 is 9.84 Å². The summed E-state index contributed by atoms with van der Waals surface area (Å²) < 4.78 is 5.52. The SMILES string of the molecule is CCCCCCCOc1ccc(C(=O)O)c(Cl)c1Cl. The minimum atomic E-state index is -1.10. The maximum atomic E-state index is 10.9. The van der Waals surface area contributed by atoms with Crippen LogP contribution >= 0.6 is 23.2 Å². The smallest absolute Gasteiger partial charge is 0.337 e. The summed E-state index contributed by atoms with van der Waals surface area (Å²) in [5.74, 6) is -0.662. The molecule has 19 heavy (non-hydrogen) atoms. The molecule has 0 saturated heterocycles. The standard InChI is InChI=1S/C14H18Cl2O3/c1-2-3-4-5-6-9-19-11-8-7-10(14(17)18)12(15)13(11)16/h7-8H,2-6,9H2,1H3,(H,17,18). The molecule has 0 bridgehead atoms. The van der Waals surface area contributed by atoms with Gasteiger partial charge in [-0.3, -0.25) is 0 Å². The second-order valence-electron chi connectivity index (χ2n) is 4.31. The Kier molecular flexibility index (Phi) is 7.03. The number of hydrogen-bond donors (Lipinski definition) is 1. The van der Waals surface area contributed by atoms with Crippen LogP contribution in [-0.2, 0) is 0 Å². The van der Waals surface area contributed by atoms with Gasteiger partial charge in [0, 0.05) is 0 Å². The van der Waals surface area contributed by atoms with Crippen molar-refractivity contribution in [2.75, 3.05) is 6.61 Å². The third kappa shape index (κ3) is 4.92. The Morgan fingerprint density at radius 3 is 2.47 bits per heavy atom. The van der Waals surface area contributed by atoms with Crippen LogP contribution in [-0.4, -0.2) is 17.7 Å². The predicted molar refractivity (Wildman–Crippen MR) is 77.7 cm³/mol. The zero-order valence-corrected chi connectivity index (χ0v) is 12.4. The lowest BCUT2D eigenvalue weighted by atomic mass is 10.2. The topological polar surface area (TPSA) is 46.5 Å². The minimum Gasteiger partial charge on any atom is -0.492 e. The number of unbranched alkanes of at least 4 members (excludes halogenated alkanes) is 4. The zero-order chi connectivity index (χ0) is 14.3. The van der Waals surface area contributed by atoms with Gasteiger partial charge >= 0.3 is 5.97 Å². The van der Waals surface area contributed by atoms with Gasteiger partial charge in [-0.2, -0.15) is 0 Å². The van der Waals surface area contributed by atoms with Crippen LogP contribution in [0.2, 0.25) is 10.0 Å². The first-order valence-electron chi connectivity index (χ1n) is 6.42. The van der Waals surface area contributed by atoms with E-state index in [0.717, 1.165) is 12.8 Å². The molecule has 0 spiro atoms. The van der Waals surface area contributed by atoms with Gasteiger partial charge in [-0.05, 0) is 18.6 Å². The first-order chi connectivity index (χ1) is 9.07. The van der Waals surface area contributed by atoms with Crippen molar-refractivity contribution in [3.63, 3.8) is 0 Å². The van der Waals surface area contributed by atoms with E-state index in [9.17, 15) is 4.79 Å². The lowest BCUT2D eigenvalue weighted by Gasteiger charge is -2.10. The summed E-state index contributed by atoms with van der Waals surface area (Å²) in [4.78, 5) is 10.9. The number of aromatic carboxylic acids is 1. The van der Waals surface area contributed by atoms with E-state index >= 15 is 0 Å². The van der Waals surface area contributed by atoms with Gasteiger partial charge in [0.1, 0.15) is 10.8 Å². The fraction of sp³-hybridized carbons (Fsp3) is 0.500. The van der Waals surface area contributed by atoms with Crippen LogP contribution in [0, 0.1) is 0 Å². The Morgan fingerprint density at radius 2 is 1.84 bits per heavy atom. The molecule has 3 nitrogen and oxygen atoms in total. The highest BCUT2D eigenvalue weighted by atomic mass is 35.5. The van der Waals surface area contributed by atoms with Gasteiger partial charge in [0.05, 0.1) is 17.2 Å². The molecule has 0 aliphatic carbocycles. The molecule has 0 aromatic heterocycles. The van der Waals surface area contributed by atoms with Crippen LogP contribution in [0.1, 0.15) is 49.4 Å². The molecule has 1 aromatic carbocycles. The van der Waals surface area contributed by atoms with E-state index in [0.29, 0.717) is 12.4 Å². The second kappa shape index (κ2) is 8.28. The van der Waals surface area contributed by atoms with Crippen LogP contribution in [0.15, 0.2) is 12.1 Å². The van der Waals surface area contributed by atoms with E-state index in [1.807, 2.05) is 0 Å². The van der Waals surface area contributed by atoms with E-state index in [4.69, 9.17) is 33.0 Å². The van der Waals surface area contributed by atoms with Gasteiger partial charge in [0.2, 0.25) is 0 Å². The Balaban J connectivity index is 2.51. The first-order valence-corrected chi connectivity index (χ1v) is 7.17. The average molecular weight is 305 g/mol. The van der Waals surface area contributed by atoms with Gasteiger partial charge in [0.15, 0.2) is 0 Å². The fourth-order valence-corrected chi connectivity index (χ4v) is 2.15. The van der Waals surface area contributed by atoms with E-state index in [2.05, 4.69) is 6.92 Å². The van der Waals surface area contributed by atoms with Crippen LogP contribution in [0.25, 0.3) is 0 Å². The summed E-state index contributed by atoms with van der Waals surface area (Å²) >= 11 is 11.9. The minimum absolute atomic E-state index is 0.0121. The van der Waals surface area contributed by atoms with Crippen molar-refractivity contribution in [3.05, 3.63) is 27.7 Å². The normalized spacial score (nSPS) is 10.5. The molecular formula is C14H18Cl2O3. The molecule has 0 aliphatic heterocycles. The number of hydrogen-bond acceptors (Lipinski definition) is 2. The molecule has 0 heterocycles. The number of rotatable bonds is 8.